The Hall–Kier alpha value is -1.63. The first-order chi connectivity index (χ1) is 9.19. The van der Waals surface area contributed by atoms with Gasteiger partial charge in [-0.2, -0.15) is 0 Å². The van der Waals surface area contributed by atoms with Crippen LogP contribution in [0.1, 0.15) is 23.2 Å². The van der Waals surface area contributed by atoms with Gasteiger partial charge in [0, 0.05) is 5.31 Å². The number of allylic oxidation sites excluding steroid dienone is 1. The molecule has 0 aromatic heterocycles. The smallest absolute Gasteiger partial charge is 0.237 e. The fraction of sp³-hybridized carbons (Fsp3) is 0.125. The molecular formula is C16H15O2P. The minimum absolute atomic E-state index is 0.302. The van der Waals surface area contributed by atoms with E-state index < -0.39 is 7.37 Å². The summed E-state index contributed by atoms with van der Waals surface area (Å²) in [5.41, 5.74) is 1.49. The Balaban J connectivity index is 1.98. The van der Waals surface area contributed by atoms with Crippen LogP contribution in [0.5, 0.6) is 0 Å². The van der Waals surface area contributed by atoms with Gasteiger partial charge in [0.15, 0.2) is 0 Å². The Morgan fingerprint density at radius 2 is 1.53 bits per heavy atom. The molecule has 0 fully saturated rings. The molecule has 0 spiro atoms. The van der Waals surface area contributed by atoms with E-state index in [-0.39, 0.29) is 5.66 Å². The predicted octanol–water partition coefficient (Wildman–Crippen LogP) is 4.44. The molecule has 1 aliphatic heterocycles. The zero-order chi connectivity index (χ0) is 13.3. The number of hydrogen-bond donors (Lipinski definition) is 1. The number of rotatable bonds is 2. The summed E-state index contributed by atoms with van der Waals surface area (Å²) >= 11 is 0. The first-order valence-electron chi connectivity index (χ1n) is 6.33. The summed E-state index contributed by atoms with van der Waals surface area (Å²) in [7, 11) is -3.35. The van der Waals surface area contributed by atoms with Crippen molar-refractivity contribution in [3.8, 4) is 0 Å². The minimum atomic E-state index is -3.35. The van der Waals surface area contributed by atoms with Gasteiger partial charge in [-0.1, -0.05) is 66.7 Å². The van der Waals surface area contributed by atoms with Gasteiger partial charge in [-0.3, -0.25) is 4.57 Å². The molecule has 0 amide bonds. The van der Waals surface area contributed by atoms with Crippen LogP contribution >= 0.6 is 7.37 Å². The molecule has 3 heteroatoms. The van der Waals surface area contributed by atoms with Crippen molar-refractivity contribution in [3.05, 3.63) is 77.9 Å². The van der Waals surface area contributed by atoms with E-state index in [2.05, 4.69) is 0 Å². The summed E-state index contributed by atoms with van der Waals surface area (Å²) in [5.74, 6) is 0. The van der Waals surface area contributed by atoms with E-state index in [1.54, 1.807) is 0 Å². The van der Waals surface area contributed by atoms with Crippen LogP contribution < -0.4 is 0 Å². The largest absolute Gasteiger partial charge is 0.341 e. The lowest BCUT2D eigenvalue weighted by atomic mass is 10.1. The van der Waals surface area contributed by atoms with Gasteiger partial charge >= 0.3 is 0 Å². The summed E-state index contributed by atoms with van der Waals surface area (Å²) < 4.78 is 12.8. The molecule has 0 aliphatic carbocycles. The summed E-state index contributed by atoms with van der Waals surface area (Å²) in [6, 6.07) is 19.1. The second kappa shape index (κ2) is 4.80. The van der Waals surface area contributed by atoms with Gasteiger partial charge in [-0.25, -0.2) is 0 Å². The molecule has 3 rings (SSSR count). The maximum atomic E-state index is 12.8. The third-order valence-corrected chi connectivity index (χ3v) is 6.04. The molecule has 1 aliphatic rings. The predicted molar refractivity (Wildman–Crippen MR) is 78.0 cm³/mol. The lowest BCUT2D eigenvalue weighted by Gasteiger charge is -2.18. The van der Waals surface area contributed by atoms with Crippen molar-refractivity contribution in [2.75, 3.05) is 0 Å². The molecule has 2 aromatic carbocycles. The SMILES string of the molecule is O=P1(O)C(c2ccccc2)=CC[C@@H]1c1ccccc1. The van der Waals surface area contributed by atoms with Crippen LogP contribution in [0, 0.1) is 0 Å². The van der Waals surface area contributed by atoms with Crippen molar-refractivity contribution >= 4 is 12.7 Å². The molecule has 1 heterocycles. The van der Waals surface area contributed by atoms with Crippen LogP contribution in [0.2, 0.25) is 0 Å². The molecule has 0 saturated heterocycles. The fourth-order valence-electron chi connectivity index (χ4n) is 2.59. The van der Waals surface area contributed by atoms with Crippen molar-refractivity contribution in [2.24, 2.45) is 0 Å². The Morgan fingerprint density at radius 1 is 0.947 bits per heavy atom. The molecule has 2 aromatic rings. The molecule has 19 heavy (non-hydrogen) atoms. The first-order valence-corrected chi connectivity index (χ1v) is 8.06. The Kier molecular flexibility index (Phi) is 3.14. The van der Waals surface area contributed by atoms with Crippen LogP contribution in [-0.4, -0.2) is 4.89 Å². The quantitative estimate of drug-likeness (QED) is 0.819. The Labute approximate surface area is 112 Å². The van der Waals surface area contributed by atoms with E-state index in [0.717, 1.165) is 11.1 Å². The van der Waals surface area contributed by atoms with E-state index >= 15 is 0 Å². The van der Waals surface area contributed by atoms with Crippen LogP contribution in [0.15, 0.2) is 66.7 Å². The van der Waals surface area contributed by atoms with Crippen molar-refractivity contribution in [3.63, 3.8) is 0 Å². The van der Waals surface area contributed by atoms with E-state index in [1.807, 2.05) is 66.7 Å². The highest BCUT2D eigenvalue weighted by molar-refractivity contribution is 7.69. The summed E-state index contributed by atoms with van der Waals surface area (Å²) in [6.45, 7) is 0. The van der Waals surface area contributed by atoms with E-state index in [1.165, 1.54) is 0 Å². The Bertz CT molecular complexity index is 647. The normalized spacial score (nSPS) is 26.2. The third-order valence-electron chi connectivity index (χ3n) is 3.56. The highest BCUT2D eigenvalue weighted by atomic mass is 31.2. The van der Waals surface area contributed by atoms with E-state index in [9.17, 15) is 9.46 Å². The first kappa shape index (κ1) is 12.4. The molecule has 0 radical (unpaired) electrons. The van der Waals surface area contributed by atoms with E-state index in [4.69, 9.17) is 0 Å². The molecule has 0 saturated carbocycles. The van der Waals surface area contributed by atoms with E-state index in [0.29, 0.717) is 11.7 Å². The van der Waals surface area contributed by atoms with Crippen molar-refractivity contribution < 1.29 is 9.46 Å². The van der Waals surface area contributed by atoms with Gasteiger partial charge in [-0.15, -0.1) is 0 Å². The molecule has 2 atom stereocenters. The zero-order valence-corrected chi connectivity index (χ0v) is 11.3. The molecular weight excluding hydrogens is 255 g/mol. The topological polar surface area (TPSA) is 37.3 Å². The van der Waals surface area contributed by atoms with Crippen molar-refractivity contribution in [2.45, 2.75) is 12.1 Å². The summed E-state index contributed by atoms with van der Waals surface area (Å²) in [4.78, 5) is 10.5. The zero-order valence-electron chi connectivity index (χ0n) is 10.4. The lowest BCUT2D eigenvalue weighted by molar-refractivity contribution is 0.480. The summed E-state index contributed by atoms with van der Waals surface area (Å²) in [5, 5.41) is 0.599. The maximum Gasteiger partial charge on any atom is 0.237 e. The molecule has 2 nitrogen and oxygen atoms in total. The molecule has 0 bridgehead atoms. The van der Waals surface area contributed by atoms with Gasteiger partial charge < -0.3 is 4.89 Å². The Morgan fingerprint density at radius 3 is 2.16 bits per heavy atom. The van der Waals surface area contributed by atoms with Gasteiger partial charge in [-0.05, 0) is 17.5 Å². The monoisotopic (exact) mass is 270 g/mol. The van der Waals surface area contributed by atoms with Crippen LogP contribution in [0.25, 0.3) is 5.31 Å². The van der Waals surface area contributed by atoms with Crippen LogP contribution in [0.4, 0.5) is 0 Å². The molecule has 96 valence electrons. The molecule has 1 unspecified atom stereocenters. The number of hydrogen-bond acceptors (Lipinski definition) is 1. The average Bonchev–Trinajstić information content (AvgIpc) is 2.76. The lowest BCUT2D eigenvalue weighted by Crippen LogP contribution is -1.95. The molecule has 1 N–H and O–H groups in total. The average molecular weight is 270 g/mol. The van der Waals surface area contributed by atoms with Gasteiger partial charge in [0.2, 0.25) is 7.37 Å². The van der Waals surface area contributed by atoms with Crippen molar-refractivity contribution in [1.29, 1.82) is 0 Å². The second-order valence-electron chi connectivity index (χ2n) is 4.74. The fourth-order valence-corrected chi connectivity index (χ4v) is 4.78. The minimum Gasteiger partial charge on any atom is -0.341 e. The third kappa shape index (κ3) is 2.18. The maximum absolute atomic E-state index is 12.8. The van der Waals surface area contributed by atoms with Gasteiger partial charge in [0.25, 0.3) is 0 Å². The summed E-state index contributed by atoms with van der Waals surface area (Å²) in [6.07, 6.45) is 2.54. The standard InChI is InChI=1S/C16H15O2P/c17-19(18)15(13-7-3-1-4-8-13)11-12-16(19)14-9-5-2-6-10-14/h1-11,16H,12H2,(H,17,18)/t16-/m1/s1. The highest BCUT2D eigenvalue weighted by Gasteiger charge is 2.40. The second-order valence-corrected chi connectivity index (χ2v) is 7.09. The van der Waals surface area contributed by atoms with Crippen LogP contribution in [0.3, 0.4) is 0 Å². The highest BCUT2D eigenvalue weighted by Crippen LogP contribution is 2.70. The number of benzene rings is 2. The van der Waals surface area contributed by atoms with Crippen LogP contribution in [-0.2, 0) is 4.57 Å². The van der Waals surface area contributed by atoms with Crippen molar-refractivity contribution in [1.82, 2.24) is 0 Å². The van der Waals surface area contributed by atoms with Gasteiger partial charge in [0.05, 0.1) is 5.66 Å². The van der Waals surface area contributed by atoms with Gasteiger partial charge in [0.1, 0.15) is 0 Å².